The summed E-state index contributed by atoms with van der Waals surface area (Å²) in [4.78, 5) is 24.9. The Morgan fingerprint density at radius 2 is 1.96 bits per heavy atom. The van der Waals surface area contributed by atoms with Crippen molar-refractivity contribution in [2.45, 2.75) is 32.9 Å². The first-order valence-electron chi connectivity index (χ1n) is 8.93. The van der Waals surface area contributed by atoms with Crippen LogP contribution in [0.25, 0.3) is 0 Å². The predicted molar refractivity (Wildman–Crippen MR) is 100 cm³/mol. The predicted octanol–water partition coefficient (Wildman–Crippen LogP) is 2.43. The van der Waals surface area contributed by atoms with Crippen LogP contribution in [-0.2, 0) is 9.53 Å². The Hall–Kier alpha value is -3.23. The lowest BCUT2D eigenvalue weighted by Gasteiger charge is -2.21. The van der Waals surface area contributed by atoms with Gasteiger partial charge in [-0.1, -0.05) is 0 Å². The lowest BCUT2D eigenvalue weighted by atomic mass is 10.1. The molecule has 1 atom stereocenters. The monoisotopic (exact) mass is 389 g/mol. The average molecular weight is 389 g/mol. The van der Waals surface area contributed by atoms with Gasteiger partial charge in [0.2, 0.25) is 5.75 Å². The van der Waals surface area contributed by atoms with Crippen molar-refractivity contribution in [1.29, 1.82) is 0 Å². The smallest absolute Gasteiger partial charge is 0.339 e. The van der Waals surface area contributed by atoms with Crippen LogP contribution in [-0.4, -0.2) is 48.1 Å². The number of nitrogens with zero attached hydrogens (tertiary/aromatic N) is 2. The molecule has 28 heavy (non-hydrogen) atoms. The lowest BCUT2D eigenvalue weighted by Crippen LogP contribution is -2.31. The number of fused-ring (bicyclic) bond motifs is 1. The zero-order valence-electron chi connectivity index (χ0n) is 16.2. The van der Waals surface area contributed by atoms with Gasteiger partial charge < -0.3 is 24.3 Å². The van der Waals surface area contributed by atoms with Crippen LogP contribution in [0.5, 0.6) is 17.2 Å². The Kier molecular flexibility index (Phi) is 5.72. The minimum Gasteiger partial charge on any atom is -0.493 e. The number of methoxy groups -OCH3 is 1. The Bertz CT molecular complexity index is 859. The summed E-state index contributed by atoms with van der Waals surface area (Å²) in [5.41, 5.74) is 0.202. The van der Waals surface area contributed by atoms with Gasteiger partial charge in [-0.15, -0.1) is 0 Å². The van der Waals surface area contributed by atoms with Gasteiger partial charge >= 0.3 is 5.97 Å². The van der Waals surface area contributed by atoms with Crippen LogP contribution in [0.3, 0.4) is 0 Å². The average Bonchev–Trinajstić information content (AvgIpc) is 3.15. The van der Waals surface area contributed by atoms with E-state index >= 15 is 0 Å². The fraction of sp³-hybridized carbons (Fsp3) is 0.421. The summed E-state index contributed by atoms with van der Waals surface area (Å²) in [7, 11) is 1.47. The Labute approximate surface area is 162 Å². The summed E-state index contributed by atoms with van der Waals surface area (Å²) in [6.45, 7) is 6.16. The van der Waals surface area contributed by atoms with Gasteiger partial charge in [-0.3, -0.25) is 4.79 Å². The highest BCUT2D eigenvalue weighted by Gasteiger charge is 2.25. The van der Waals surface area contributed by atoms with E-state index in [1.54, 1.807) is 16.9 Å². The van der Waals surface area contributed by atoms with E-state index in [0.717, 1.165) is 0 Å². The summed E-state index contributed by atoms with van der Waals surface area (Å²) < 4.78 is 23.3. The zero-order chi connectivity index (χ0) is 20.3. The first kappa shape index (κ1) is 19.5. The molecule has 1 aromatic carbocycles. The topological polar surface area (TPSA) is 101 Å². The normalized spacial score (nSPS) is 13.8. The van der Waals surface area contributed by atoms with Crippen LogP contribution >= 0.6 is 0 Å². The lowest BCUT2D eigenvalue weighted by molar-refractivity contribution is -0.123. The maximum atomic E-state index is 12.5. The van der Waals surface area contributed by atoms with Crippen LogP contribution in [0.15, 0.2) is 24.4 Å². The molecule has 0 aliphatic carbocycles. The van der Waals surface area contributed by atoms with Gasteiger partial charge in [-0.05, 0) is 32.9 Å². The van der Waals surface area contributed by atoms with E-state index in [1.165, 1.54) is 26.2 Å². The van der Waals surface area contributed by atoms with Crippen molar-refractivity contribution >= 4 is 17.7 Å². The molecule has 1 N–H and O–H groups in total. The molecule has 3 rings (SSSR count). The Morgan fingerprint density at radius 3 is 2.68 bits per heavy atom. The number of benzene rings is 1. The minimum absolute atomic E-state index is 0.0772. The molecule has 1 amide bonds. The van der Waals surface area contributed by atoms with Gasteiger partial charge in [0.25, 0.3) is 5.91 Å². The molecule has 150 valence electrons. The van der Waals surface area contributed by atoms with E-state index in [4.69, 9.17) is 18.9 Å². The van der Waals surface area contributed by atoms with E-state index in [9.17, 15) is 9.59 Å². The molecule has 0 saturated carbocycles. The number of esters is 1. The van der Waals surface area contributed by atoms with Crippen molar-refractivity contribution < 1.29 is 28.5 Å². The maximum absolute atomic E-state index is 12.5. The van der Waals surface area contributed by atoms with Crippen LogP contribution in [0.4, 0.5) is 5.82 Å². The highest BCUT2D eigenvalue weighted by Crippen LogP contribution is 2.40. The fourth-order valence-electron chi connectivity index (χ4n) is 2.73. The van der Waals surface area contributed by atoms with Gasteiger partial charge in [0.15, 0.2) is 17.6 Å². The minimum atomic E-state index is -1.01. The second-order valence-corrected chi connectivity index (χ2v) is 6.49. The second kappa shape index (κ2) is 8.20. The summed E-state index contributed by atoms with van der Waals surface area (Å²) in [6, 6.07) is 4.76. The van der Waals surface area contributed by atoms with E-state index in [2.05, 4.69) is 10.4 Å². The third-order valence-electron chi connectivity index (χ3n) is 4.13. The second-order valence-electron chi connectivity index (χ2n) is 6.49. The third-order valence-corrected chi connectivity index (χ3v) is 4.13. The highest BCUT2D eigenvalue weighted by molar-refractivity contribution is 5.97. The zero-order valence-corrected chi connectivity index (χ0v) is 16.2. The van der Waals surface area contributed by atoms with E-state index in [-0.39, 0.29) is 11.6 Å². The maximum Gasteiger partial charge on any atom is 0.339 e. The molecule has 2 aromatic rings. The SMILES string of the molecule is COc1cc(C(=O)O[C@@H](C)C(=O)Nc2ccnn2C(C)C)cc2c1OCCO2. The van der Waals surface area contributed by atoms with Crippen molar-refractivity contribution in [2.24, 2.45) is 0 Å². The molecule has 2 heterocycles. The van der Waals surface area contributed by atoms with Gasteiger partial charge in [0.1, 0.15) is 19.0 Å². The van der Waals surface area contributed by atoms with Crippen molar-refractivity contribution in [3.05, 3.63) is 30.0 Å². The van der Waals surface area contributed by atoms with Crippen LogP contribution in [0.2, 0.25) is 0 Å². The molecule has 0 unspecified atom stereocenters. The molecule has 1 aliphatic heterocycles. The van der Waals surface area contributed by atoms with Gasteiger partial charge in [0.05, 0.1) is 18.9 Å². The van der Waals surface area contributed by atoms with Crippen LogP contribution < -0.4 is 19.5 Å². The van der Waals surface area contributed by atoms with Crippen LogP contribution in [0.1, 0.15) is 37.2 Å². The number of aromatic nitrogens is 2. The molecule has 0 fully saturated rings. The van der Waals surface area contributed by atoms with Gasteiger partial charge in [0, 0.05) is 12.1 Å². The summed E-state index contributed by atoms with van der Waals surface area (Å²) in [6.07, 6.45) is 0.579. The van der Waals surface area contributed by atoms with Crippen molar-refractivity contribution in [3.63, 3.8) is 0 Å². The number of nitrogens with one attached hydrogen (secondary N) is 1. The van der Waals surface area contributed by atoms with Crippen molar-refractivity contribution in [2.75, 3.05) is 25.6 Å². The first-order chi connectivity index (χ1) is 13.4. The number of ether oxygens (including phenoxy) is 4. The number of amides is 1. The van der Waals surface area contributed by atoms with E-state index in [0.29, 0.717) is 36.3 Å². The molecule has 1 aromatic heterocycles. The molecule has 9 heteroatoms. The molecule has 0 radical (unpaired) electrons. The Balaban J connectivity index is 1.70. The molecular formula is C19H23N3O6. The molecule has 1 aliphatic rings. The first-order valence-corrected chi connectivity index (χ1v) is 8.93. The number of carbonyl (C=O) groups excluding carboxylic acids is 2. The summed E-state index contributed by atoms with van der Waals surface area (Å²) in [5.74, 6) is 0.607. The largest absolute Gasteiger partial charge is 0.493 e. The number of hydrogen-bond acceptors (Lipinski definition) is 7. The number of rotatable bonds is 6. The quantitative estimate of drug-likeness (QED) is 0.757. The Morgan fingerprint density at radius 1 is 1.21 bits per heavy atom. The van der Waals surface area contributed by atoms with Gasteiger partial charge in [-0.2, -0.15) is 5.10 Å². The van der Waals surface area contributed by atoms with E-state index in [1.807, 2.05) is 13.8 Å². The number of carbonyl (C=O) groups is 2. The summed E-state index contributed by atoms with van der Waals surface area (Å²) >= 11 is 0. The standard InChI is InChI=1S/C19H23N3O6/c1-11(2)22-16(5-6-20-22)21-18(23)12(3)28-19(24)13-9-14(25-4)17-15(10-13)26-7-8-27-17/h5-6,9-12H,7-8H2,1-4H3,(H,21,23)/t12-/m0/s1. The van der Waals surface area contributed by atoms with Gasteiger partial charge in [-0.25, -0.2) is 9.48 Å². The van der Waals surface area contributed by atoms with E-state index < -0.39 is 18.0 Å². The van der Waals surface area contributed by atoms with Crippen LogP contribution in [0, 0.1) is 0 Å². The fourth-order valence-corrected chi connectivity index (χ4v) is 2.73. The third kappa shape index (κ3) is 4.03. The van der Waals surface area contributed by atoms with Crippen molar-refractivity contribution in [1.82, 2.24) is 9.78 Å². The number of anilines is 1. The molecule has 9 nitrogen and oxygen atoms in total. The highest BCUT2D eigenvalue weighted by atomic mass is 16.6. The number of hydrogen-bond donors (Lipinski definition) is 1. The molecule has 0 saturated heterocycles. The van der Waals surface area contributed by atoms with Crippen molar-refractivity contribution in [3.8, 4) is 17.2 Å². The molecule has 0 spiro atoms. The summed E-state index contributed by atoms with van der Waals surface area (Å²) in [5, 5.41) is 6.87. The molecular weight excluding hydrogens is 366 g/mol. The molecule has 0 bridgehead atoms.